The Labute approximate surface area is 86.6 Å². The van der Waals surface area contributed by atoms with Crippen LogP contribution in [0.25, 0.3) is 0 Å². The van der Waals surface area contributed by atoms with E-state index in [1.807, 2.05) is 0 Å². The molecule has 0 aliphatic carbocycles. The van der Waals surface area contributed by atoms with Gasteiger partial charge in [0.05, 0.1) is 5.75 Å². The van der Waals surface area contributed by atoms with E-state index in [-0.39, 0.29) is 23.9 Å². The Balaban J connectivity index is 2.63. The summed E-state index contributed by atoms with van der Waals surface area (Å²) in [6.07, 6.45) is 0. The van der Waals surface area contributed by atoms with Crippen LogP contribution in [0, 0.1) is 0 Å². The topological polar surface area (TPSA) is 96.6 Å². The molecule has 0 aliphatic heterocycles. The molecule has 84 valence electrons. The minimum absolute atomic E-state index is 0.117. The zero-order valence-corrected chi connectivity index (χ0v) is 8.74. The lowest BCUT2D eigenvalue weighted by atomic mass is 10.4. The fourth-order valence-electron chi connectivity index (χ4n) is 0.796. The first kappa shape index (κ1) is 11.7. The third kappa shape index (κ3) is 3.37. The zero-order valence-electron chi connectivity index (χ0n) is 7.93. The summed E-state index contributed by atoms with van der Waals surface area (Å²) in [4.78, 5) is 10.3. The Morgan fingerprint density at radius 1 is 1.53 bits per heavy atom. The van der Waals surface area contributed by atoms with Gasteiger partial charge in [0.15, 0.2) is 0 Å². The summed E-state index contributed by atoms with van der Waals surface area (Å²) >= 11 is 0. The maximum Gasteiger partial charge on any atom is 0.267 e. The minimum Gasteiger partial charge on any atom is -0.542 e. The summed E-state index contributed by atoms with van der Waals surface area (Å²) in [5, 5.41) is 10.3. The average molecular weight is 233 g/mol. The number of carboxylic acid groups (broad SMARTS) is 1. The molecule has 0 aromatic carbocycles. The Morgan fingerprint density at radius 3 is 2.67 bits per heavy atom. The van der Waals surface area contributed by atoms with Crippen LogP contribution < -0.4 is 5.11 Å². The van der Waals surface area contributed by atoms with E-state index in [1.165, 1.54) is 19.1 Å². The molecule has 0 N–H and O–H groups in total. The number of furan rings is 1. The van der Waals surface area contributed by atoms with Crippen LogP contribution in [0.1, 0.15) is 23.2 Å². The van der Waals surface area contributed by atoms with Crippen LogP contribution in [0.3, 0.4) is 0 Å². The van der Waals surface area contributed by atoms with Gasteiger partial charge in [-0.3, -0.25) is 4.18 Å². The highest BCUT2D eigenvalue weighted by Crippen LogP contribution is 2.09. The molecule has 0 spiro atoms. The Morgan fingerprint density at radius 2 is 2.20 bits per heavy atom. The Kier molecular flexibility index (Phi) is 3.48. The van der Waals surface area contributed by atoms with Gasteiger partial charge >= 0.3 is 0 Å². The number of carbonyl (C=O) groups is 1. The fraction of sp³-hybridized carbons (Fsp3) is 0.375. The van der Waals surface area contributed by atoms with Gasteiger partial charge in [-0.15, -0.1) is 0 Å². The summed E-state index contributed by atoms with van der Waals surface area (Å²) in [6.45, 7) is 1.12. The predicted molar refractivity (Wildman–Crippen MR) is 47.3 cm³/mol. The van der Waals surface area contributed by atoms with Crippen LogP contribution in [0.4, 0.5) is 0 Å². The van der Waals surface area contributed by atoms with Gasteiger partial charge in [0.25, 0.3) is 10.1 Å². The van der Waals surface area contributed by atoms with E-state index >= 15 is 0 Å². The number of carboxylic acids is 1. The summed E-state index contributed by atoms with van der Waals surface area (Å²) in [5.74, 6) is -1.85. The van der Waals surface area contributed by atoms with Crippen LogP contribution in [0.15, 0.2) is 16.5 Å². The number of rotatable bonds is 5. The molecule has 15 heavy (non-hydrogen) atoms. The smallest absolute Gasteiger partial charge is 0.267 e. The van der Waals surface area contributed by atoms with Crippen molar-refractivity contribution < 1.29 is 26.9 Å². The molecule has 1 aromatic rings. The van der Waals surface area contributed by atoms with E-state index in [4.69, 9.17) is 4.42 Å². The lowest BCUT2D eigenvalue weighted by Gasteiger charge is -2.00. The highest BCUT2D eigenvalue weighted by atomic mass is 32.2. The first-order chi connectivity index (χ1) is 6.94. The van der Waals surface area contributed by atoms with Gasteiger partial charge in [-0.1, -0.05) is 0 Å². The molecule has 6 nitrogen and oxygen atoms in total. The van der Waals surface area contributed by atoms with E-state index in [1.54, 1.807) is 0 Å². The minimum atomic E-state index is -3.55. The summed E-state index contributed by atoms with van der Waals surface area (Å²) in [7, 11) is -3.55. The van der Waals surface area contributed by atoms with Crippen molar-refractivity contribution >= 4 is 16.1 Å². The molecule has 1 aromatic heterocycles. The predicted octanol–water partition coefficient (Wildman–Crippen LogP) is -0.491. The molecule has 0 atom stereocenters. The number of hydrogen-bond acceptors (Lipinski definition) is 6. The van der Waals surface area contributed by atoms with Crippen molar-refractivity contribution in [1.29, 1.82) is 0 Å². The van der Waals surface area contributed by atoms with Crippen molar-refractivity contribution in [2.24, 2.45) is 0 Å². The standard InChI is InChI=1S/C8H10O6S/c1-2-15(11,12)13-5-6-3-4-7(14-6)8(9)10/h3-4H,2,5H2,1H3,(H,9,10)/p-1. The molecule has 0 amide bonds. The van der Waals surface area contributed by atoms with Crippen LogP contribution in [0.2, 0.25) is 0 Å². The second kappa shape index (κ2) is 4.45. The van der Waals surface area contributed by atoms with Crippen LogP contribution in [0.5, 0.6) is 0 Å². The van der Waals surface area contributed by atoms with Crippen LogP contribution in [-0.4, -0.2) is 20.1 Å². The molecule has 1 rings (SSSR count). The monoisotopic (exact) mass is 233 g/mol. The molecule has 7 heteroatoms. The molecule has 1 heterocycles. The van der Waals surface area contributed by atoms with Gasteiger partial charge in [0.1, 0.15) is 24.1 Å². The number of aromatic carboxylic acids is 1. The highest BCUT2D eigenvalue weighted by Gasteiger charge is 2.10. The molecule has 0 unspecified atom stereocenters. The third-order valence-electron chi connectivity index (χ3n) is 1.60. The van der Waals surface area contributed by atoms with Gasteiger partial charge in [-0.25, -0.2) is 0 Å². The van der Waals surface area contributed by atoms with Crippen molar-refractivity contribution in [3.63, 3.8) is 0 Å². The average Bonchev–Trinajstić information content (AvgIpc) is 2.63. The van der Waals surface area contributed by atoms with Crippen molar-refractivity contribution in [2.75, 3.05) is 5.75 Å². The maximum absolute atomic E-state index is 10.9. The van der Waals surface area contributed by atoms with Crippen LogP contribution in [-0.2, 0) is 20.9 Å². The quantitative estimate of drug-likeness (QED) is 0.636. The first-order valence-corrected chi connectivity index (χ1v) is 5.69. The largest absolute Gasteiger partial charge is 0.542 e. The Hall–Kier alpha value is -1.34. The lowest BCUT2D eigenvalue weighted by molar-refractivity contribution is -0.257. The van der Waals surface area contributed by atoms with Gasteiger partial charge in [-0.05, 0) is 19.1 Å². The molecule has 0 aliphatic rings. The molecule has 0 saturated heterocycles. The zero-order chi connectivity index (χ0) is 11.5. The van der Waals surface area contributed by atoms with E-state index in [0.717, 1.165) is 0 Å². The van der Waals surface area contributed by atoms with Crippen molar-refractivity contribution in [3.05, 3.63) is 23.7 Å². The molecule has 0 radical (unpaired) electrons. The van der Waals surface area contributed by atoms with E-state index in [0.29, 0.717) is 0 Å². The van der Waals surface area contributed by atoms with Gasteiger partial charge < -0.3 is 14.3 Å². The molecule has 0 saturated carbocycles. The molecule has 0 fully saturated rings. The SMILES string of the molecule is CCS(=O)(=O)OCc1ccc(C(=O)[O-])o1. The summed E-state index contributed by atoms with van der Waals surface area (Å²) in [6, 6.07) is 2.49. The fourth-order valence-corrected chi connectivity index (χ4v) is 1.26. The van der Waals surface area contributed by atoms with Crippen molar-refractivity contribution in [3.8, 4) is 0 Å². The van der Waals surface area contributed by atoms with Crippen molar-refractivity contribution in [1.82, 2.24) is 0 Å². The third-order valence-corrected chi connectivity index (χ3v) is 2.78. The lowest BCUT2D eigenvalue weighted by Crippen LogP contribution is -2.21. The normalized spacial score (nSPS) is 11.5. The second-order valence-corrected chi connectivity index (χ2v) is 4.59. The van der Waals surface area contributed by atoms with Gasteiger partial charge in [0, 0.05) is 0 Å². The molecular weight excluding hydrogens is 224 g/mol. The van der Waals surface area contributed by atoms with Gasteiger partial charge in [0.2, 0.25) is 0 Å². The van der Waals surface area contributed by atoms with Crippen LogP contribution >= 0.6 is 0 Å². The number of carbonyl (C=O) groups excluding carboxylic acids is 1. The maximum atomic E-state index is 10.9. The summed E-state index contributed by atoms with van der Waals surface area (Å²) < 4.78 is 31.1. The molecule has 0 bridgehead atoms. The van der Waals surface area contributed by atoms with Gasteiger partial charge in [-0.2, -0.15) is 8.42 Å². The van der Waals surface area contributed by atoms with Crippen molar-refractivity contribution in [2.45, 2.75) is 13.5 Å². The molecular formula is C8H9O6S-. The highest BCUT2D eigenvalue weighted by molar-refractivity contribution is 7.86. The number of hydrogen-bond donors (Lipinski definition) is 0. The second-order valence-electron chi connectivity index (χ2n) is 2.66. The summed E-state index contributed by atoms with van der Waals surface area (Å²) in [5.41, 5.74) is 0. The van der Waals surface area contributed by atoms with E-state index in [9.17, 15) is 18.3 Å². The Bertz CT molecular complexity index is 443. The first-order valence-electron chi connectivity index (χ1n) is 4.12. The van der Waals surface area contributed by atoms with E-state index in [2.05, 4.69) is 4.18 Å². The van der Waals surface area contributed by atoms with E-state index < -0.39 is 16.1 Å².